The Morgan fingerprint density at radius 1 is 1.04 bits per heavy atom. The van der Waals surface area contributed by atoms with Gasteiger partial charge in [0.1, 0.15) is 0 Å². The van der Waals surface area contributed by atoms with Crippen LogP contribution < -0.4 is 20.7 Å². The van der Waals surface area contributed by atoms with Gasteiger partial charge in [0.15, 0.2) is 5.82 Å². The number of esters is 1. The van der Waals surface area contributed by atoms with E-state index in [0.717, 1.165) is 55.7 Å². The predicted octanol–water partition coefficient (Wildman–Crippen LogP) is 5.04. The molecular weight excluding hydrogens is 719 g/mol. The molecule has 1 saturated heterocycles. The third-order valence-electron chi connectivity index (χ3n) is 10.4. The number of fused-ring (bicyclic) bond motifs is 1. The van der Waals surface area contributed by atoms with Gasteiger partial charge < -0.3 is 30.0 Å². The average molecular weight is 762 g/mol. The molecule has 0 radical (unpaired) electrons. The molecule has 0 bridgehead atoms. The lowest BCUT2D eigenvalue weighted by molar-refractivity contribution is -0.150. The van der Waals surface area contributed by atoms with Gasteiger partial charge in [0.05, 0.1) is 58.6 Å². The third-order valence-corrected chi connectivity index (χ3v) is 11.2. The van der Waals surface area contributed by atoms with E-state index in [1.54, 1.807) is 37.6 Å². The Hall–Kier alpha value is -4.56. The Bertz CT molecular complexity index is 2050. The van der Waals surface area contributed by atoms with Crippen LogP contribution in [0.25, 0.3) is 22.5 Å². The summed E-state index contributed by atoms with van der Waals surface area (Å²) in [7, 11) is 4.87. The van der Waals surface area contributed by atoms with Gasteiger partial charge in [-0.15, -0.1) is 0 Å². The van der Waals surface area contributed by atoms with Crippen molar-refractivity contribution in [3.05, 3.63) is 75.4 Å². The highest BCUT2D eigenvalue weighted by Crippen LogP contribution is 2.40. The van der Waals surface area contributed by atoms with E-state index in [2.05, 4.69) is 25.8 Å². The second-order valence-corrected chi connectivity index (χ2v) is 14.6. The van der Waals surface area contributed by atoms with Crippen molar-refractivity contribution in [3.8, 4) is 28.4 Å². The van der Waals surface area contributed by atoms with Crippen molar-refractivity contribution in [2.24, 2.45) is 18.9 Å². The van der Waals surface area contributed by atoms with Crippen molar-refractivity contribution in [2.45, 2.75) is 51.2 Å². The zero-order valence-corrected chi connectivity index (χ0v) is 31.4. The summed E-state index contributed by atoms with van der Waals surface area (Å²) < 4.78 is 12.4. The number of rotatable bonds is 12. The Kier molecular flexibility index (Phi) is 11.0. The zero-order chi connectivity index (χ0) is 37.2. The molecule has 3 N–H and O–H groups in total. The first-order valence-electron chi connectivity index (χ1n) is 17.8. The van der Waals surface area contributed by atoms with Gasteiger partial charge in [-0.25, -0.2) is 9.97 Å². The second kappa shape index (κ2) is 15.8. The van der Waals surface area contributed by atoms with Crippen LogP contribution in [0.3, 0.4) is 0 Å². The number of benzene rings is 1. The number of carbonyl (C=O) groups excluding carboxylic acids is 3. The summed E-state index contributed by atoms with van der Waals surface area (Å²) in [5, 5.41) is 9.92. The molecule has 1 atom stereocenters. The first-order valence-corrected chi connectivity index (χ1v) is 18.5. The van der Waals surface area contributed by atoms with E-state index >= 15 is 0 Å². The van der Waals surface area contributed by atoms with E-state index in [9.17, 15) is 14.4 Å². The maximum atomic E-state index is 13.6. The standard InChI is InChI=1S/C38H42Cl2N8O5/c1-47-30-20-48(19-21-15-23(16-21)38(51)53-3)14-12-28(30)44-35(47)36(50)45-29-6-4-5-26(32(29)39)34-33(40)25(11-13-42-34)27-9-7-22(37(46-27)52-2)17-41-18-24-8-10-31(49)43-24/h4-7,9,11,13,21,23-24,41H,8,10,12,14-20H2,1-3H3,(H,43,49)(H,45,50)/t21?,23?,24-/m1/s1. The lowest BCUT2D eigenvalue weighted by Gasteiger charge is -2.38. The maximum absolute atomic E-state index is 13.6. The van der Waals surface area contributed by atoms with Gasteiger partial charge in [0.25, 0.3) is 5.91 Å². The molecule has 3 aliphatic rings. The zero-order valence-electron chi connectivity index (χ0n) is 29.9. The number of hydrogen-bond acceptors (Lipinski definition) is 10. The van der Waals surface area contributed by atoms with E-state index < -0.39 is 0 Å². The summed E-state index contributed by atoms with van der Waals surface area (Å²) in [6, 6.07) is 11.0. The van der Waals surface area contributed by atoms with Crippen molar-refractivity contribution in [3.63, 3.8) is 0 Å². The predicted molar refractivity (Wildman–Crippen MR) is 201 cm³/mol. The Balaban J connectivity index is 1.04. The minimum absolute atomic E-state index is 0.00507. The molecule has 53 heavy (non-hydrogen) atoms. The van der Waals surface area contributed by atoms with Gasteiger partial charge >= 0.3 is 5.97 Å². The summed E-state index contributed by atoms with van der Waals surface area (Å²) in [4.78, 5) is 53.3. The first kappa shape index (κ1) is 36.8. The molecule has 0 spiro atoms. The van der Waals surface area contributed by atoms with Crippen molar-refractivity contribution in [1.82, 2.24) is 35.1 Å². The van der Waals surface area contributed by atoms with Crippen molar-refractivity contribution < 1.29 is 23.9 Å². The monoisotopic (exact) mass is 760 g/mol. The molecule has 278 valence electrons. The van der Waals surface area contributed by atoms with Crippen LogP contribution in [0.15, 0.2) is 42.6 Å². The smallest absolute Gasteiger partial charge is 0.308 e. The number of hydrogen-bond donors (Lipinski definition) is 3. The molecule has 2 aliphatic heterocycles. The van der Waals surface area contributed by atoms with Gasteiger partial charge in [-0.2, -0.15) is 0 Å². The molecule has 0 unspecified atom stereocenters. The number of ether oxygens (including phenoxy) is 2. The molecule has 4 aromatic rings. The maximum Gasteiger partial charge on any atom is 0.308 e. The molecule has 13 nitrogen and oxygen atoms in total. The van der Waals surface area contributed by atoms with Crippen molar-refractivity contribution in [2.75, 3.05) is 39.2 Å². The van der Waals surface area contributed by atoms with Crippen molar-refractivity contribution >= 4 is 46.7 Å². The lowest BCUT2D eigenvalue weighted by atomic mass is 9.74. The molecule has 3 aromatic heterocycles. The van der Waals surface area contributed by atoms with E-state index in [1.807, 2.05) is 23.7 Å². The third kappa shape index (κ3) is 7.75. The van der Waals surface area contributed by atoms with Gasteiger partial charge in [0.2, 0.25) is 11.8 Å². The summed E-state index contributed by atoms with van der Waals surface area (Å²) >= 11 is 13.9. The second-order valence-electron chi connectivity index (χ2n) is 13.9. The number of nitrogens with zero attached hydrogens (tertiary/aromatic N) is 5. The fourth-order valence-electron chi connectivity index (χ4n) is 7.47. The summed E-state index contributed by atoms with van der Waals surface area (Å²) in [6.07, 6.45) is 5.45. The fourth-order valence-corrected chi connectivity index (χ4v) is 8.04. The minimum Gasteiger partial charge on any atom is -0.481 e. The number of amides is 2. The summed E-state index contributed by atoms with van der Waals surface area (Å²) in [6.45, 7) is 3.60. The lowest BCUT2D eigenvalue weighted by Crippen LogP contribution is -2.41. The normalized spacial score (nSPS) is 19.6. The number of pyridine rings is 2. The largest absolute Gasteiger partial charge is 0.481 e. The van der Waals surface area contributed by atoms with Crippen LogP contribution in [0.1, 0.15) is 53.3 Å². The summed E-state index contributed by atoms with van der Waals surface area (Å²) in [5.41, 5.74) is 5.41. The molecule has 2 amide bonds. The fraction of sp³-hybridized carbons (Fsp3) is 0.421. The average Bonchev–Trinajstić information content (AvgIpc) is 3.72. The van der Waals surface area contributed by atoms with Crippen LogP contribution in [-0.4, -0.2) is 82.1 Å². The van der Waals surface area contributed by atoms with Crippen LogP contribution in [-0.2, 0) is 40.9 Å². The first-order chi connectivity index (χ1) is 25.6. The van der Waals surface area contributed by atoms with E-state index in [1.165, 1.54) is 7.11 Å². The molecule has 2 fully saturated rings. The van der Waals surface area contributed by atoms with Gasteiger partial charge in [-0.1, -0.05) is 41.4 Å². The molecule has 1 saturated carbocycles. The Labute approximate surface area is 317 Å². The van der Waals surface area contributed by atoms with Crippen LogP contribution >= 0.6 is 23.2 Å². The minimum atomic E-state index is -0.376. The van der Waals surface area contributed by atoms with E-state index in [-0.39, 0.29) is 34.8 Å². The number of aromatic nitrogens is 4. The van der Waals surface area contributed by atoms with Crippen LogP contribution in [0.4, 0.5) is 5.69 Å². The number of imidazole rings is 1. The van der Waals surface area contributed by atoms with E-state index in [4.69, 9.17) is 42.6 Å². The van der Waals surface area contributed by atoms with Gasteiger partial charge in [-0.05, 0) is 43.4 Å². The van der Waals surface area contributed by atoms with Crippen LogP contribution in [0, 0.1) is 11.8 Å². The number of carbonyl (C=O) groups is 3. The highest BCUT2D eigenvalue weighted by atomic mass is 35.5. The molecule has 1 aliphatic carbocycles. The molecule has 1 aromatic carbocycles. The number of nitrogens with one attached hydrogen (secondary N) is 3. The Morgan fingerprint density at radius 2 is 1.87 bits per heavy atom. The van der Waals surface area contributed by atoms with E-state index in [0.29, 0.717) is 76.9 Å². The molecule has 5 heterocycles. The quantitative estimate of drug-likeness (QED) is 0.168. The molecular formula is C38H42Cl2N8O5. The summed E-state index contributed by atoms with van der Waals surface area (Å²) in [5.74, 6) is 0.807. The molecule has 15 heteroatoms. The number of anilines is 1. The topological polar surface area (TPSA) is 153 Å². The molecule has 7 rings (SSSR count). The highest BCUT2D eigenvalue weighted by Gasteiger charge is 2.37. The SMILES string of the molecule is COC(=O)C1CC(CN2CCc3nc(C(=O)Nc4cccc(-c5nccc(-c6ccc(CNC[C@H]7CCC(=O)N7)c(OC)n6)c5Cl)c4Cl)n(C)c3C2)C1. The number of halogens is 2. The number of methoxy groups -OCH3 is 2. The highest BCUT2D eigenvalue weighted by molar-refractivity contribution is 6.39. The van der Waals surface area contributed by atoms with Crippen molar-refractivity contribution in [1.29, 1.82) is 0 Å². The van der Waals surface area contributed by atoms with Gasteiger partial charge in [-0.3, -0.25) is 24.3 Å². The van der Waals surface area contributed by atoms with Crippen LogP contribution in [0.2, 0.25) is 10.0 Å². The van der Waals surface area contributed by atoms with Crippen LogP contribution in [0.5, 0.6) is 5.88 Å². The van der Waals surface area contributed by atoms with Gasteiger partial charge in [0, 0.05) is 81.5 Å². The Morgan fingerprint density at radius 3 is 2.62 bits per heavy atom.